The summed E-state index contributed by atoms with van der Waals surface area (Å²) in [6, 6.07) is 67.7. The highest BCUT2D eigenvalue weighted by Gasteiger charge is 2.44. The van der Waals surface area contributed by atoms with Crippen LogP contribution in [0.4, 0.5) is 11.4 Å². The zero-order valence-electron chi connectivity index (χ0n) is 28.7. The van der Waals surface area contributed by atoms with Gasteiger partial charge in [-0.05, 0) is 78.9 Å². The molecule has 5 heteroatoms. The first-order chi connectivity index (χ1) is 26.2. The van der Waals surface area contributed by atoms with E-state index in [0.717, 1.165) is 82.7 Å². The van der Waals surface area contributed by atoms with E-state index in [4.69, 9.17) is 0 Å². The van der Waals surface area contributed by atoms with Crippen LogP contribution < -0.4 is 15.3 Å². The van der Waals surface area contributed by atoms with Crippen LogP contribution in [0, 0.1) is 0 Å². The van der Waals surface area contributed by atoms with Crippen LogP contribution in [0.3, 0.4) is 0 Å². The van der Waals surface area contributed by atoms with Crippen LogP contribution >= 0.6 is 7.29 Å². The Morgan fingerprint density at radius 2 is 0.906 bits per heavy atom. The van der Waals surface area contributed by atoms with E-state index < -0.39 is 7.29 Å². The van der Waals surface area contributed by atoms with Crippen molar-refractivity contribution in [3.05, 3.63) is 194 Å². The molecule has 3 heterocycles. The third-order valence-electron chi connectivity index (χ3n) is 10.8. The predicted octanol–water partition coefficient (Wildman–Crippen LogP) is 11.9. The van der Waals surface area contributed by atoms with Gasteiger partial charge in [-0.2, -0.15) is 0 Å². The Morgan fingerprint density at radius 3 is 1.55 bits per heavy atom. The molecule has 11 rings (SSSR count). The zero-order valence-corrected chi connectivity index (χ0v) is 29.6. The molecular weight excluding hydrogens is 666 g/mol. The van der Waals surface area contributed by atoms with Crippen LogP contribution in [0.5, 0.6) is 0 Å². The molecule has 250 valence electrons. The summed E-state index contributed by atoms with van der Waals surface area (Å²) in [6.07, 6.45) is 0. The number of hydrogen-bond donors (Lipinski definition) is 0. The molecule has 4 nitrogen and oxygen atoms in total. The van der Waals surface area contributed by atoms with Crippen molar-refractivity contribution in [1.29, 1.82) is 0 Å². The fraction of sp³-hybridized carbons (Fsp3) is 0. The highest BCUT2D eigenvalue weighted by molar-refractivity contribution is 7.81. The molecule has 0 saturated heterocycles. The number of aromatic nitrogens is 2. The van der Waals surface area contributed by atoms with E-state index in [1.807, 2.05) is 48.5 Å². The van der Waals surface area contributed by atoms with Crippen LogP contribution in [0.15, 0.2) is 194 Å². The third kappa shape index (κ3) is 4.21. The topological polar surface area (TPSA) is 30.2 Å². The zero-order chi connectivity index (χ0) is 35.1. The van der Waals surface area contributed by atoms with Crippen LogP contribution in [-0.2, 0) is 4.57 Å². The SMILES string of the molecule is O=P1(c2ccccc2)c2ccc3c4ccccc4n(-c4ccccc4)c3c2-c2cc3c4ccccc4n(-c4ccccc4)c3cc2N1c1ccccc1. The average Bonchev–Trinajstić information content (AvgIpc) is 3.74. The number of nitrogens with zero attached hydrogens (tertiary/aromatic N) is 3. The second-order valence-electron chi connectivity index (χ2n) is 13.7. The molecule has 0 amide bonds. The van der Waals surface area contributed by atoms with E-state index in [2.05, 4.69) is 159 Å². The van der Waals surface area contributed by atoms with Gasteiger partial charge in [-0.25, -0.2) is 0 Å². The summed E-state index contributed by atoms with van der Waals surface area (Å²) < 4.78 is 23.7. The molecule has 0 fully saturated rings. The smallest absolute Gasteiger partial charge is 0.234 e. The molecule has 0 saturated carbocycles. The Hall–Kier alpha value is -6.61. The molecular formula is C48H32N3OP. The fourth-order valence-electron chi connectivity index (χ4n) is 8.66. The number of para-hydroxylation sites is 5. The van der Waals surface area contributed by atoms with Gasteiger partial charge in [-0.1, -0.05) is 115 Å². The van der Waals surface area contributed by atoms with Gasteiger partial charge in [0.05, 0.1) is 27.8 Å². The lowest BCUT2D eigenvalue weighted by Gasteiger charge is -2.40. The summed E-state index contributed by atoms with van der Waals surface area (Å²) >= 11 is 0. The van der Waals surface area contributed by atoms with Gasteiger partial charge in [-0.15, -0.1) is 0 Å². The highest BCUT2D eigenvalue weighted by Crippen LogP contribution is 2.63. The monoisotopic (exact) mass is 697 g/mol. The van der Waals surface area contributed by atoms with Crippen molar-refractivity contribution in [2.75, 3.05) is 4.67 Å². The molecule has 8 aromatic carbocycles. The molecule has 0 spiro atoms. The number of rotatable bonds is 4. The first-order valence-electron chi connectivity index (χ1n) is 18.0. The largest absolute Gasteiger partial charge is 0.309 e. The molecule has 0 aliphatic carbocycles. The van der Waals surface area contributed by atoms with E-state index in [1.165, 1.54) is 5.39 Å². The van der Waals surface area contributed by atoms with Gasteiger partial charge in [0.15, 0.2) is 0 Å². The van der Waals surface area contributed by atoms with Gasteiger partial charge in [-0.3, -0.25) is 9.24 Å². The van der Waals surface area contributed by atoms with Gasteiger partial charge in [0.25, 0.3) is 0 Å². The molecule has 0 N–H and O–H groups in total. The van der Waals surface area contributed by atoms with Crippen molar-refractivity contribution in [3.63, 3.8) is 0 Å². The Labute approximate surface area is 306 Å². The summed E-state index contributed by atoms with van der Waals surface area (Å²) in [7, 11) is -3.57. The van der Waals surface area contributed by atoms with Gasteiger partial charge >= 0.3 is 0 Å². The second-order valence-corrected chi connectivity index (χ2v) is 16.2. The van der Waals surface area contributed by atoms with E-state index in [-0.39, 0.29) is 0 Å². The van der Waals surface area contributed by atoms with Crippen LogP contribution in [0.2, 0.25) is 0 Å². The quantitative estimate of drug-likeness (QED) is 0.171. The molecule has 1 atom stereocenters. The maximum absolute atomic E-state index is 16.8. The Kier molecular flexibility index (Phi) is 6.49. The second kappa shape index (κ2) is 11.4. The molecule has 10 aromatic rings. The summed E-state index contributed by atoms with van der Waals surface area (Å²) in [4.78, 5) is 0. The third-order valence-corrected chi connectivity index (χ3v) is 13.9. The molecule has 0 radical (unpaired) electrons. The van der Waals surface area contributed by atoms with Crippen LogP contribution in [-0.4, -0.2) is 9.13 Å². The minimum absolute atomic E-state index is 0.793. The molecule has 0 bridgehead atoms. The van der Waals surface area contributed by atoms with E-state index in [9.17, 15) is 0 Å². The number of hydrogen-bond acceptors (Lipinski definition) is 1. The molecule has 1 aliphatic heterocycles. The van der Waals surface area contributed by atoms with E-state index in [1.54, 1.807) is 0 Å². The van der Waals surface area contributed by atoms with Gasteiger partial charge in [0.1, 0.15) is 0 Å². The summed E-state index contributed by atoms with van der Waals surface area (Å²) in [5.74, 6) is 0. The van der Waals surface area contributed by atoms with Crippen molar-refractivity contribution in [1.82, 2.24) is 9.13 Å². The number of benzene rings is 8. The van der Waals surface area contributed by atoms with Gasteiger partial charge in [0, 0.05) is 60.3 Å². The maximum atomic E-state index is 16.8. The van der Waals surface area contributed by atoms with Crippen LogP contribution in [0.25, 0.3) is 66.1 Å². The van der Waals surface area contributed by atoms with Crippen LogP contribution in [0.1, 0.15) is 0 Å². The normalized spacial score (nSPS) is 15.3. The number of anilines is 2. The van der Waals surface area contributed by atoms with Gasteiger partial charge in [0.2, 0.25) is 7.29 Å². The van der Waals surface area contributed by atoms with Crippen molar-refractivity contribution < 1.29 is 4.57 Å². The summed E-state index contributed by atoms with van der Waals surface area (Å²) in [6.45, 7) is 0. The molecule has 1 aliphatic rings. The first-order valence-corrected chi connectivity index (χ1v) is 19.6. The highest BCUT2D eigenvalue weighted by atomic mass is 31.2. The van der Waals surface area contributed by atoms with Crippen molar-refractivity contribution >= 4 is 72.9 Å². The fourth-order valence-corrected chi connectivity index (χ4v) is 11.7. The lowest BCUT2D eigenvalue weighted by Crippen LogP contribution is -2.34. The Morgan fingerprint density at radius 1 is 0.396 bits per heavy atom. The first kappa shape index (κ1) is 30.1. The van der Waals surface area contributed by atoms with Gasteiger partial charge < -0.3 is 9.13 Å². The predicted molar refractivity (Wildman–Crippen MR) is 222 cm³/mol. The molecule has 1 unspecified atom stereocenters. The lowest BCUT2D eigenvalue weighted by molar-refractivity contribution is 0.587. The minimum atomic E-state index is -3.57. The standard InChI is InChI=1S/C48H32N3OP/c52-53(36-23-11-4-12-24-36)46-30-29-39-37-25-13-16-28-43(37)50(34-19-7-2-8-20-34)48(39)47(46)41-31-40-38-26-14-15-27-42(38)49(33-17-5-1-6-18-33)44(40)32-45(41)51(53)35-21-9-3-10-22-35/h1-32H. The molecule has 53 heavy (non-hydrogen) atoms. The van der Waals surface area contributed by atoms with Crippen molar-refractivity contribution in [2.24, 2.45) is 0 Å². The van der Waals surface area contributed by atoms with E-state index in [0.29, 0.717) is 0 Å². The lowest BCUT2D eigenvalue weighted by atomic mass is 9.97. The van der Waals surface area contributed by atoms with E-state index >= 15 is 4.57 Å². The Balaban J connectivity index is 1.38. The average molecular weight is 698 g/mol. The summed E-state index contributed by atoms with van der Waals surface area (Å²) in [5, 5.41) is 6.25. The van der Waals surface area contributed by atoms with Crippen molar-refractivity contribution in [2.45, 2.75) is 0 Å². The number of fused-ring (bicyclic) bond motifs is 10. The minimum Gasteiger partial charge on any atom is -0.309 e. The Bertz CT molecular complexity index is 3080. The maximum Gasteiger partial charge on any atom is 0.234 e. The molecule has 2 aromatic heterocycles. The summed E-state index contributed by atoms with van der Waals surface area (Å²) in [5.41, 5.74) is 10.4. The van der Waals surface area contributed by atoms with Crippen molar-refractivity contribution in [3.8, 4) is 22.5 Å².